The summed E-state index contributed by atoms with van der Waals surface area (Å²) in [4.78, 5) is 0.317. The highest BCUT2D eigenvalue weighted by Gasteiger charge is 2.16. The van der Waals surface area contributed by atoms with Crippen LogP contribution in [0.3, 0.4) is 0 Å². The Kier molecular flexibility index (Phi) is 6.31. The Morgan fingerprint density at radius 3 is 2.26 bits per heavy atom. The average molecular weight is 284 g/mol. The molecule has 0 spiro atoms. The minimum Gasteiger partial charge on any atom is -0.385 e. The van der Waals surface area contributed by atoms with Gasteiger partial charge in [-0.15, -0.1) is 0 Å². The first-order chi connectivity index (χ1) is 8.99. The SMILES string of the molecule is CCCNc1ccc(S(=O)(=O)NC(C)CCC)cc1. The van der Waals surface area contributed by atoms with Gasteiger partial charge in [-0.25, -0.2) is 13.1 Å². The molecule has 0 saturated carbocycles. The highest BCUT2D eigenvalue weighted by atomic mass is 32.2. The van der Waals surface area contributed by atoms with Crippen LogP contribution in [0.4, 0.5) is 5.69 Å². The van der Waals surface area contributed by atoms with Gasteiger partial charge in [0, 0.05) is 18.3 Å². The van der Waals surface area contributed by atoms with E-state index in [0.717, 1.165) is 31.5 Å². The summed E-state index contributed by atoms with van der Waals surface area (Å²) in [7, 11) is -3.40. The van der Waals surface area contributed by atoms with Gasteiger partial charge < -0.3 is 5.32 Å². The fourth-order valence-corrected chi connectivity index (χ4v) is 3.12. The van der Waals surface area contributed by atoms with E-state index in [9.17, 15) is 8.42 Å². The maximum absolute atomic E-state index is 12.1. The molecule has 1 rings (SSSR count). The molecule has 0 aromatic heterocycles. The predicted molar refractivity (Wildman–Crippen MR) is 79.9 cm³/mol. The number of hydrogen-bond donors (Lipinski definition) is 2. The van der Waals surface area contributed by atoms with Crippen molar-refractivity contribution < 1.29 is 8.42 Å². The van der Waals surface area contributed by atoms with Crippen molar-refractivity contribution in [3.8, 4) is 0 Å². The van der Waals surface area contributed by atoms with Crippen molar-refractivity contribution >= 4 is 15.7 Å². The van der Waals surface area contributed by atoms with E-state index in [-0.39, 0.29) is 6.04 Å². The van der Waals surface area contributed by atoms with Gasteiger partial charge in [0.1, 0.15) is 0 Å². The first kappa shape index (κ1) is 16.0. The molecule has 0 amide bonds. The molecule has 108 valence electrons. The normalized spacial score (nSPS) is 13.2. The Hall–Kier alpha value is -1.07. The van der Waals surface area contributed by atoms with Crippen LogP contribution < -0.4 is 10.0 Å². The summed E-state index contributed by atoms with van der Waals surface area (Å²) >= 11 is 0. The van der Waals surface area contributed by atoms with Crippen molar-refractivity contribution in [2.45, 2.75) is 51.0 Å². The summed E-state index contributed by atoms with van der Waals surface area (Å²) in [5, 5.41) is 3.22. The molecule has 0 fully saturated rings. The lowest BCUT2D eigenvalue weighted by Crippen LogP contribution is -2.32. The Bertz CT molecular complexity index is 469. The van der Waals surface area contributed by atoms with Gasteiger partial charge in [0.05, 0.1) is 4.90 Å². The quantitative estimate of drug-likeness (QED) is 0.771. The summed E-state index contributed by atoms with van der Waals surface area (Å²) < 4.78 is 26.9. The van der Waals surface area contributed by atoms with Crippen LogP contribution >= 0.6 is 0 Å². The maximum Gasteiger partial charge on any atom is 0.240 e. The zero-order chi connectivity index (χ0) is 14.3. The van der Waals surface area contributed by atoms with E-state index >= 15 is 0 Å². The fourth-order valence-electron chi connectivity index (χ4n) is 1.85. The van der Waals surface area contributed by atoms with Crippen LogP contribution in [0.1, 0.15) is 40.0 Å². The van der Waals surface area contributed by atoms with E-state index in [4.69, 9.17) is 0 Å². The highest BCUT2D eigenvalue weighted by molar-refractivity contribution is 7.89. The Morgan fingerprint density at radius 1 is 1.11 bits per heavy atom. The Labute approximate surface area is 116 Å². The molecule has 19 heavy (non-hydrogen) atoms. The molecule has 2 N–H and O–H groups in total. The molecule has 1 aromatic rings. The third-order valence-corrected chi connectivity index (χ3v) is 4.43. The monoisotopic (exact) mass is 284 g/mol. The molecule has 0 aliphatic heterocycles. The fraction of sp³-hybridized carbons (Fsp3) is 0.571. The molecule has 4 nitrogen and oxygen atoms in total. The van der Waals surface area contributed by atoms with Crippen molar-refractivity contribution in [3.05, 3.63) is 24.3 Å². The number of nitrogens with one attached hydrogen (secondary N) is 2. The van der Waals surface area contributed by atoms with Crippen molar-refractivity contribution in [2.24, 2.45) is 0 Å². The molecule has 0 saturated heterocycles. The second kappa shape index (κ2) is 7.50. The first-order valence-corrected chi connectivity index (χ1v) is 8.34. The average Bonchev–Trinajstić information content (AvgIpc) is 2.36. The van der Waals surface area contributed by atoms with Gasteiger partial charge >= 0.3 is 0 Å². The smallest absolute Gasteiger partial charge is 0.240 e. The molecule has 5 heteroatoms. The lowest BCUT2D eigenvalue weighted by atomic mass is 10.2. The van der Waals surface area contributed by atoms with Gasteiger partial charge in [-0.2, -0.15) is 0 Å². The largest absolute Gasteiger partial charge is 0.385 e. The van der Waals surface area contributed by atoms with Gasteiger partial charge in [0.25, 0.3) is 0 Å². The third-order valence-electron chi connectivity index (χ3n) is 2.82. The van der Waals surface area contributed by atoms with Crippen LogP contribution in [-0.2, 0) is 10.0 Å². The van der Waals surface area contributed by atoms with E-state index in [2.05, 4.69) is 17.0 Å². The van der Waals surface area contributed by atoms with Crippen molar-refractivity contribution in [3.63, 3.8) is 0 Å². The van der Waals surface area contributed by atoms with Crippen molar-refractivity contribution in [1.29, 1.82) is 0 Å². The topological polar surface area (TPSA) is 58.2 Å². The second-order valence-electron chi connectivity index (χ2n) is 4.76. The van der Waals surface area contributed by atoms with Gasteiger partial charge in [-0.3, -0.25) is 0 Å². The minimum atomic E-state index is -3.40. The van der Waals surface area contributed by atoms with Crippen LogP contribution in [0.15, 0.2) is 29.2 Å². The lowest BCUT2D eigenvalue weighted by molar-refractivity contribution is 0.544. The number of anilines is 1. The number of rotatable bonds is 8. The molecular weight excluding hydrogens is 260 g/mol. The molecule has 1 atom stereocenters. The first-order valence-electron chi connectivity index (χ1n) is 6.85. The van der Waals surface area contributed by atoms with Gasteiger partial charge in [0.15, 0.2) is 0 Å². The summed E-state index contributed by atoms with van der Waals surface area (Å²) in [6.45, 7) is 6.90. The predicted octanol–water partition coefficient (Wildman–Crippen LogP) is 2.98. The van der Waals surface area contributed by atoms with Gasteiger partial charge in [-0.05, 0) is 44.0 Å². The third kappa shape index (κ3) is 5.20. The minimum absolute atomic E-state index is 0.0344. The van der Waals surface area contributed by atoms with E-state index in [1.807, 2.05) is 13.8 Å². The van der Waals surface area contributed by atoms with E-state index in [0.29, 0.717) is 4.90 Å². The van der Waals surface area contributed by atoms with E-state index < -0.39 is 10.0 Å². The Morgan fingerprint density at radius 2 is 1.74 bits per heavy atom. The van der Waals surface area contributed by atoms with Gasteiger partial charge in [0.2, 0.25) is 10.0 Å². The standard InChI is InChI=1S/C14H24N2O2S/c1-4-6-12(3)16-19(17,18)14-9-7-13(8-10-14)15-11-5-2/h7-10,12,15-16H,4-6,11H2,1-3H3. The molecule has 0 bridgehead atoms. The second-order valence-corrected chi connectivity index (χ2v) is 6.48. The summed E-state index contributed by atoms with van der Waals surface area (Å²) in [5.41, 5.74) is 0.947. The molecular formula is C14H24N2O2S. The molecule has 0 aliphatic rings. The number of benzene rings is 1. The van der Waals surface area contributed by atoms with E-state index in [1.54, 1.807) is 24.3 Å². The van der Waals surface area contributed by atoms with E-state index in [1.165, 1.54) is 0 Å². The van der Waals surface area contributed by atoms with Crippen molar-refractivity contribution in [1.82, 2.24) is 4.72 Å². The van der Waals surface area contributed by atoms with Crippen LogP contribution in [0.25, 0.3) is 0 Å². The van der Waals surface area contributed by atoms with Crippen LogP contribution in [0.2, 0.25) is 0 Å². The number of hydrogen-bond acceptors (Lipinski definition) is 3. The summed E-state index contributed by atoms with van der Waals surface area (Å²) in [6.07, 6.45) is 2.84. The van der Waals surface area contributed by atoms with Gasteiger partial charge in [-0.1, -0.05) is 20.3 Å². The zero-order valence-corrected chi connectivity index (χ0v) is 12.8. The Balaban J connectivity index is 2.73. The molecule has 1 aromatic carbocycles. The van der Waals surface area contributed by atoms with Crippen LogP contribution in [-0.4, -0.2) is 21.0 Å². The van der Waals surface area contributed by atoms with Crippen LogP contribution in [0.5, 0.6) is 0 Å². The molecule has 1 unspecified atom stereocenters. The molecule has 0 aliphatic carbocycles. The van der Waals surface area contributed by atoms with Crippen LogP contribution in [0, 0.1) is 0 Å². The zero-order valence-electron chi connectivity index (χ0n) is 11.9. The molecule has 0 heterocycles. The maximum atomic E-state index is 12.1. The highest BCUT2D eigenvalue weighted by Crippen LogP contribution is 2.14. The number of sulfonamides is 1. The summed E-state index contributed by atoms with van der Waals surface area (Å²) in [5.74, 6) is 0. The van der Waals surface area contributed by atoms with Crippen molar-refractivity contribution in [2.75, 3.05) is 11.9 Å². The lowest BCUT2D eigenvalue weighted by Gasteiger charge is -2.13. The summed E-state index contributed by atoms with van der Waals surface area (Å²) in [6, 6.07) is 6.84. The molecule has 0 radical (unpaired) electrons.